The third kappa shape index (κ3) is 14.7. The highest BCUT2D eigenvalue weighted by Crippen LogP contribution is 2.20. The Morgan fingerprint density at radius 3 is 2.19 bits per heavy atom. The van der Waals surface area contributed by atoms with Crippen molar-refractivity contribution in [3.8, 4) is 0 Å². The van der Waals surface area contributed by atoms with Crippen LogP contribution in [-0.4, -0.2) is 86.4 Å². The van der Waals surface area contributed by atoms with Gasteiger partial charge in [0.1, 0.15) is 24.3 Å². The second kappa shape index (κ2) is 19.0. The number of amides is 3. The zero-order chi connectivity index (χ0) is 31.3. The summed E-state index contributed by atoms with van der Waals surface area (Å²) in [5, 5.41) is 20.7. The van der Waals surface area contributed by atoms with Crippen LogP contribution < -0.4 is 21.3 Å². The number of carbonyl (C=O) groups is 3. The third-order valence-electron chi connectivity index (χ3n) is 6.81. The molecule has 5 N–H and O–H groups in total. The lowest BCUT2D eigenvalue weighted by Crippen LogP contribution is -2.57. The number of carbonyl (C=O) groups excluding carboxylic acids is 3. The van der Waals surface area contributed by atoms with Crippen LogP contribution in [0.1, 0.15) is 64.9 Å². The molecule has 0 spiro atoms. The maximum absolute atomic E-state index is 13.9. The van der Waals surface area contributed by atoms with Crippen molar-refractivity contribution in [1.82, 2.24) is 21.3 Å². The summed E-state index contributed by atoms with van der Waals surface area (Å²) in [4.78, 5) is 37.1. The van der Waals surface area contributed by atoms with Gasteiger partial charge >= 0.3 is 6.09 Å². The van der Waals surface area contributed by atoms with Gasteiger partial charge in [-0.05, 0) is 49.8 Å². The smallest absolute Gasteiger partial charge is 0.407 e. The van der Waals surface area contributed by atoms with E-state index in [9.17, 15) is 36.7 Å². The monoisotopic (exact) mass is 654 g/mol. The molecule has 1 aliphatic rings. The molecule has 0 radical (unpaired) electrons. The van der Waals surface area contributed by atoms with Crippen molar-refractivity contribution >= 4 is 40.2 Å². The van der Waals surface area contributed by atoms with Crippen molar-refractivity contribution in [2.75, 3.05) is 25.4 Å². The number of nitrogens with one attached hydrogen (secondary N) is 4. The van der Waals surface area contributed by atoms with Gasteiger partial charge in [0.05, 0.1) is 29.7 Å². The molecule has 3 amide bonds. The van der Waals surface area contributed by atoms with Crippen molar-refractivity contribution in [2.24, 2.45) is 0 Å². The number of rotatable bonds is 19. The number of hydrogen-bond donors (Lipinski definition) is 5. The van der Waals surface area contributed by atoms with E-state index in [-0.39, 0.29) is 56.0 Å². The van der Waals surface area contributed by atoms with Crippen LogP contribution in [0, 0.1) is 11.6 Å². The zero-order valence-corrected chi connectivity index (χ0v) is 26.5. The Labute approximate surface area is 258 Å². The lowest BCUT2D eigenvalue weighted by Gasteiger charge is -2.28. The first-order valence-electron chi connectivity index (χ1n) is 14.4. The number of aliphatic hydroxyl groups excluding tert-OH is 1. The van der Waals surface area contributed by atoms with Gasteiger partial charge in [-0.15, -0.1) is 12.4 Å². The van der Waals surface area contributed by atoms with E-state index < -0.39 is 62.7 Å². The van der Waals surface area contributed by atoms with Crippen molar-refractivity contribution in [1.29, 1.82) is 0 Å². The quantitative estimate of drug-likeness (QED) is 0.142. The van der Waals surface area contributed by atoms with Crippen LogP contribution >= 0.6 is 12.4 Å². The molecule has 1 fully saturated rings. The van der Waals surface area contributed by atoms with Crippen molar-refractivity contribution in [3.63, 3.8) is 0 Å². The Kier molecular flexibility index (Phi) is 17.0. The Morgan fingerprint density at radius 1 is 1.05 bits per heavy atom. The fourth-order valence-corrected chi connectivity index (χ4v) is 6.68. The first-order chi connectivity index (χ1) is 19.8. The molecule has 1 aromatic carbocycles. The molecule has 3 atom stereocenters. The third-order valence-corrected chi connectivity index (χ3v) is 9.09. The number of sulfone groups is 1. The zero-order valence-electron chi connectivity index (χ0n) is 24.9. The minimum absolute atomic E-state index is 0. The Morgan fingerprint density at radius 2 is 1.65 bits per heavy atom. The number of ether oxygens (including phenoxy) is 1. The van der Waals surface area contributed by atoms with Gasteiger partial charge in [-0.25, -0.2) is 22.0 Å². The van der Waals surface area contributed by atoms with Crippen molar-refractivity contribution < 1.29 is 41.4 Å². The van der Waals surface area contributed by atoms with Crippen LogP contribution in [0.5, 0.6) is 0 Å². The molecule has 0 aromatic heterocycles. The van der Waals surface area contributed by atoms with Gasteiger partial charge in [0.25, 0.3) is 0 Å². The van der Waals surface area contributed by atoms with Gasteiger partial charge in [0, 0.05) is 25.6 Å². The topological polar surface area (TPSA) is 163 Å². The standard InChI is InChI=1S/C28H44F2N4O7S.ClH/c1-4-6-23(7-5-2)42(39,40)17-25(34-28(38)41-11-10-31-18(3)35)27(37)33-24(26(36)16-32-22-8-9-22)14-19-12-20(29)15-21(30)13-19;/h12-13,15,22-26,32,36H,4-11,14,16-17H2,1-3H3,(H,31,35)(H,33,37)(H,34,38);1H/t24-,25+,26+;/m0./s1. The van der Waals surface area contributed by atoms with Gasteiger partial charge in [-0.2, -0.15) is 0 Å². The molecule has 43 heavy (non-hydrogen) atoms. The number of hydrogen-bond acceptors (Lipinski definition) is 8. The van der Waals surface area contributed by atoms with Crippen LogP contribution in [0.25, 0.3) is 0 Å². The summed E-state index contributed by atoms with van der Waals surface area (Å²) in [5.41, 5.74) is 0.170. The molecule has 0 heterocycles. The molecule has 0 saturated heterocycles. The van der Waals surface area contributed by atoms with Crippen molar-refractivity contribution in [2.45, 2.75) is 95.2 Å². The molecule has 246 valence electrons. The molecule has 1 saturated carbocycles. The molecular formula is C28H45ClF2N4O7S. The molecule has 1 aromatic rings. The van der Waals surface area contributed by atoms with Crippen LogP contribution in [-0.2, 0) is 30.6 Å². The molecule has 0 unspecified atom stereocenters. The van der Waals surface area contributed by atoms with Crippen LogP contribution in [0.3, 0.4) is 0 Å². The highest BCUT2D eigenvalue weighted by Gasteiger charge is 2.35. The van der Waals surface area contributed by atoms with Crippen molar-refractivity contribution in [3.05, 3.63) is 35.4 Å². The normalized spacial score (nSPS) is 15.1. The number of halogens is 3. The molecule has 15 heteroatoms. The van der Waals surface area contributed by atoms with Gasteiger partial charge in [0.15, 0.2) is 9.84 Å². The lowest BCUT2D eigenvalue weighted by molar-refractivity contribution is -0.124. The number of benzene rings is 1. The largest absolute Gasteiger partial charge is 0.448 e. The predicted molar refractivity (Wildman–Crippen MR) is 161 cm³/mol. The molecule has 0 bridgehead atoms. The Balaban J connectivity index is 0.00000924. The predicted octanol–water partition coefficient (Wildman–Crippen LogP) is 2.14. The second-order valence-electron chi connectivity index (χ2n) is 10.7. The second-order valence-corrected chi connectivity index (χ2v) is 13.0. The molecule has 2 rings (SSSR count). The molecule has 11 nitrogen and oxygen atoms in total. The number of aliphatic hydroxyl groups is 1. The first-order valence-corrected chi connectivity index (χ1v) is 16.1. The average molecular weight is 655 g/mol. The van der Waals surface area contributed by atoms with Crippen LogP contribution in [0.15, 0.2) is 18.2 Å². The summed E-state index contributed by atoms with van der Waals surface area (Å²) in [6.45, 7) is 4.86. The minimum atomic E-state index is -3.87. The highest BCUT2D eigenvalue weighted by atomic mass is 35.5. The van der Waals surface area contributed by atoms with E-state index >= 15 is 0 Å². The summed E-state index contributed by atoms with van der Waals surface area (Å²) in [7, 11) is -3.87. The SMILES string of the molecule is CCCC(CCC)S(=O)(=O)C[C@@H](NC(=O)OCCNC(C)=O)C(=O)N[C@@H](Cc1cc(F)cc(F)c1)[C@H](O)CNC1CC1.Cl. The summed E-state index contributed by atoms with van der Waals surface area (Å²) < 4.78 is 59.5. The fraction of sp³-hybridized carbons (Fsp3) is 0.679. The van der Waals surface area contributed by atoms with E-state index in [1.54, 1.807) is 0 Å². The summed E-state index contributed by atoms with van der Waals surface area (Å²) in [5.74, 6) is -3.62. The Bertz CT molecular complexity index is 1130. The number of alkyl carbamates (subject to hydrolysis) is 1. The molecule has 1 aliphatic carbocycles. The van der Waals surface area contributed by atoms with Gasteiger partial charge in [0.2, 0.25) is 11.8 Å². The highest BCUT2D eigenvalue weighted by molar-refractivity contribution is 7.92. The van der Waals surface area contributed by atoms with Gasteiger partial charge in [-0.3, -0.25) is 9.59 Å². The van der Waals surface area contributed by atoms with Crippen LogP contribution in [0.2, 0.25) is 0 Å². The van der Waals surface area contributed by atoms with E-state index in [1.807, 2.05) is 13.8 Å². The van der Waals surface area contributed by atoms with Gasteiger partial charge < -0.3 is 31.1 Å². The fourth-order valence-electron chi connectivity index (χ4n) is 4.52. The van der Waals surface area contributed by atoms with E-state index in [4.69, 9.17) is 4.74 Å². The molecule has 0 aliphatic heterocycles. The minimum Gasteiger partial charge on any atom is -0.448 e. The maximum atomic E-state index is 13.9. The summed E-state index contributed by atoms with van der Waals surface area (Å²) in [6, 6.07) is 0.424. The average Bonchev–Trinajstić information content (AvgIpc) is 3.72. The maximum Gasteiger partial charge on any atom is 0.407 e. The van der Waals surface area contributed by atoms with Gasteiger partial charge in [-0.1, -0.05) is 26.7 Å². The van der Waals surface area contributed by atoms with E-state index in [2.05, 4.69) is 21.3 Å². The van der Waals surface area contributed by atoms with E-state index in [0.29, 0.717) is 31.7 Å². The summed E-state index contributed by atoms with van der Waals surface area (Å²) in [6.07, 6.45) is 1.40. The summed E-state index contributed by atoms with van der Waals surface area (Å²) >= 11 is 0. The van der Waals surface area contributed by atoms with E-state index in [1.165, 1.54) is 6.92 Å². The molecular weight excluding hydrogens is 610 g/mol. The van der Waals surface area contributed by atoms with E-state index in [0.717, 1.165) is 25.0 Å². The van der Waals surface area contributed by atoms with Crippen LogP contribution in [0.4, 0.5) is 13.6 Å². The first kappa shape index (κ1) is 38.5. The Hall–Kier alpha value is -2.55. The lowest BCUT2D eigenvalue weighted by atomic mass is 10.00.